The summed E-state index contributed by atoms with van der Waals surface area (Å²) in [6.45, 7) is 6.22. The Bertz CT molecular complexity index is 1250. The summed E-state index contributed by atoms with van der Waals surface area (Å²) in [6.07, 6.45) is 0. The highest BCUT2D eigenvalue weighted by Gasteiger charge is 2.19. The van der Waals surface area contributed by atoms with E-state index in [9.17, 15) is 13.2 Å². The second kappa shape index (κ2) is 9.54. The molecule has 0 aliphatic carbocycles. The SMILES string of the molecule is COc1ccc(NS(=O)(=O)c2cccc(C(=O)Nc3cc(C(C)(C)C)ccc3OC)c2)cc1. The van der Waals surface area contributed by atoms with E-state index in [1.54, 1.807) is 36.4 Å². The topological polar surface area (TPSA) is 93.7 Å². The number of benzene rings is 3. The Morgan fingerprint density at radius 3 is 2.18 bits per heavy atom. The summed E-state index contributed by atoms with van der Waals surface area (Å²) in [5.41, 5.74) is 2.01. The third kappa shape index (κ3) is 5.84. The van der Waals surface area contributed by atoms with Crippen LogP contribution in [0.4, 0.5) is 11.4 Å². The van der Waals surface area contributed by atoms with Gasteiger partial charge in [-0.25, -0.2) is 8.42 Å². The Balaban J connectivity index is 1.85. The van der Waals surface area contributed by atoms with Crippen LogP contribution in [-0.2, 0) is 15.4 Å². The summed E-state index contributed by atoms with van der Waals surface area (Å²) in [6, 6.07) is 18.0. The van der Waals surface area contributed by atoms with Crippen molar-refractivity contribution in [2.24, 2.45) is 0 Å². The summed E-state index contributed by atoms with van der Waals surface area (Å²) in [4.78, 5) is 12.9. The number of amides is 1. The van der Waals surface area contributed by atoms with Crippen LogP contribution in [0.15, 0.2) is 71.6 Å². The molecule has 0 saturated heterocycles. The zero-order valence-corrected chi connectivity index (χ0v) is 20.1. The van der Waals surface area contributed by atoms with Crippen molar-refractivity contribution in [3.8, 4) is 11.5 Å². The van der Waals surface area contributed by atoms with Crippen molar-refractivity contribution in [3.63, 3.8) is 0 Å². The number of hydrogen-bond acceptors (Lipinski definition) is 5. The molecule has 0 fully saturated rings. The van der Waals surface area contributed by atoms with Gasteiger partial charge in [-0.2, -0.15) is 0 Å². The van der Waals surface area contributed by atoms with Crippen LogP contribution >= 0.6 is 0 Å². The molecule has 0 heterocycles. The predicted molar refractivity (Wildman–Crippen MR) is 130 cm³/mol. The average molecular weight is 469 g/mol. The van der Waals surface area contributed by atoms with E-state index in [0.29, 0.717) is 22.9 Å². The summed E-state index contributed by atoms with van der Waals surface area (Å²) >= 11 is 0. The fraction of sp³-hybridized carbons (Fsp3) is 0.240. The highest BCUT2D eigenvalue weighted by Crippen LogP contribution is 2.32. The van der Waals surface area contributed by atoms with Gasteiger partial charge < -0.3 is 14.8 Å². The van der Waals surface area contributed by atoms with Crippen molar-refractivity contribution in [3.05, 3.63) is 77.9 Å². The molecule has 0 aromatic heterocycles. The van der Waals surface area contributed by atoms with Gasteiger partial charge in [-0.05, 0) is 65.6 Å². The van der Waals surface area contributed by atoms with E-state index in [-0.39, 0.29) is 15.9 Å². The number of nitrogens with one attached hydrogen (secondary N) is 2. The van der Waals surface area contributed by atoms with Gasteiger partial charge >= 0.3 is 0 Å². The molecule has 0 spiro atoms. The van der Waals surface area contributed by atoms with Crippen LogP contribution in [0.3, 0.4) is 0 Å². The van der Waals surface area contributed by atoms with E-state index in [0.717, 1.165) is 5.56 Å². The number of sulfonamides is 1. The molecule has 0 unspecified atom stereocenters. The van der Waals surface area contributed by atoms with E-state index < -0.39 is 15.9 Å². The lowest BCUT2D eigenvalue weighted by atomic mass is 9.87. The Labute approximate surface area is 194 Å². The maximum atomic E-state index is 13.0. The summed E-state index contributed by atoms with van der Waals surface area (Å²) in [5.74, 6) is 0.685. The molecular formula is C25H28N2O5S. The minimum atomic E-state index is -3.90. The van der Waals surface area contributed by atoms with Gasteiger partial charge in [0.15, 0.2) is 0 Å². The van der Waals surface area contributed by atoms with Gasteiger partial charge in [-0.3, -0.25) is 9.52 Å². The zero-order valence-electron chi connectivity index (χ0n) is 19.3. The number of hydrogen-bond donors (Lipinski definition) is 2. The first-order valence-electron chi connectivity index (χ1n) is 10.3. The van der Waals surface area contributed by atoms with Gasteiger partial charge in [-0.1, -0.05) is 32.9 Å². The Kier molecular flexibility index (Phi) is 6.98. The van der Waals surface area contributed by atoms with Crippen LogP contribution in [0.5, 0.6) is 11.5 Å². The molecule has 33 heavy (non-hydrogen) atoms. The minimum absolute atomic E-state index is 0.0265. The molecule has 0 aliphatic rings. The number of carbonyl (C=O) groups excluding carboxylic acids is 1. The second-order valence-corrected chi connectivity index (χ2v) is 10.2. The molecule has 2 N–H and O–H groups in total. The number of carbonyl (C=O) groups is 1. The highest BCUT2D eigenvalue weighted by atomic mass is 32.2. The fourth-order valence-corrected chi connectivity index (χ4v) is 4.25. The molecule has 3 rings (SSSR count). The lowest BCUT2D eigenvalue weighted by molar-refractivity contribution is 0.102. The minimum Gasteiger partial charge on any atom is -0.497 e. The van der Waals surface area contributed by atoms with Crippen LogP contribution in [0.1, 0.15) is 36.7 Å². The Morgan fingerprint density at radius 1 is 0.879 bits per heavy atom. The first-order valence-corrected chi connectivity index (χ1v) is 11.8. The van der Waals surface area contributed by atoms with Crippen LogP contribution < -0.4 is 19.5 Å². The molecular weight excluding hydrogens is 440 g/mol. The first kappa shape index (κ1) is 24.1. The highest BCUT2D eigenvalue weighted by molar-refractivity contribution is 7.92. The average Bonchev–Trinajstić information content (AvgIpc) is 2.78. The number of rotatable bonds is 7. The summed E-state index contributed by atoms with van der Waals surface area (Å²) < 4.78 is 38.7. The van der Waals surface area contributed by atoms with E-state index in [1.807, 2.05) is 12.1 Å². The van der Waals surface area contributed by atoms with Crippen LogP contribution in [0.2, 0.25) is 0 Å². The molecule has 0 aliphatic heterocycles. The quantitative estimate of drug-likeness (QED) is 0.506. The number of methoxy groups -OCH3 is 2. The van der Waals surface area contributed by atoms with E-state index in [4.69, 9.17) is 9.47 Å². The third-order valence-corrected chi connectivity index (χ3v) is 6.44. The lowest BCUT2D eigenvalue weighted by Crippen LogP contribution is -2.17. The van der Waals surface area contributed by atoms with Crippen molar-refractivity contribution >= 4 is 27.3 Å². The van der Waals surface area contributed by atoms with Crippen molar-refractivity contribution in [2.75, 3.05) is 24.3 Å². The van der Waals surface area contributed by atoms with Gasteiger partial charge in [0.2, 0.25) is 0 Å². The van der Waals surface area contributed by atoms with Crippen molar-refractivity contribution in [2.45, 2.75) is 31.1 Å². The van der Waals surface area contributed by atoms with Gasteiger partial charge in [-0.15, -0.1) is 0 Å². The van der Waals surface area contributed by atoms with E-state index in [1.165, 1.54) is 32.4 Å². The molecule has 8 heteroatoms. The van der Waals surface area contributed by atoms with E-state index >= 15 is 0 Å². The maximum Gasteiger partial charge on any atom is 0.261 e. The maximum absolute atomic E-state index is 13.0. The molecule has 3 aromatic rings. The predicted octanol–water partition coefficient (Wildman–Crippen LogP) is 5.05. The monoisotopic (exact) mass is 468 g/mol. The Hall–Kier alpha value is -3.52. The first-order chi connectivity index (χ1) is 15.5. The Morgan fingerprint density at radius 2 is 1.58 bits per heavy atom. The summed E-state index contributed by atoms with van der Waals surface area (Å²) in [5, 5.41) is 2.84. The van der Waals surface area contributed by atoms with Gasteiger partial charge in [0.05, 0.1) is 24.8 Å². The molecule has 1 amide bonds. The molecule has 3 aromatic carbocycles. The standard InChI is InChI=1S/C25H28N2O5S/c1-25(2,3)18-9-14-23(32-5)22(16-18)26-24(28)17-7-6-8-21(15-17)33(29,30)27-19-10-12-20(31-4)13-11-19/h6-16,27H,1-5H3,(H,26,28). The molecule has 0 saturated carbocycles. The third-order valence-electron chi connectivity index (χ3n) is 5.06. The smallest absolute Gasteiger partial charge is 0.261 e. The molecule has 0 radical (unpaired) electrons. The molecule has 7 nitrogen and oxygen atoms in total. The van der Waals surface area contributed by atoms with Gasteiger partial charge in [0.25, 0.3) is 15.9 Å². The number of anilines is 2. The second-order valence-electron chi connectivity index (χ2n) is 8.48. The van der Waals surface area contributed by atoms with Crippen LogP contribution in [0.25, 0.3) is 0 Å². The van der Waals surface area contributed by atoms with Crippen molar-refractivity contribution in [1.29, 1.82) is 0 Å². The largest absolute Gasteiger partial charge is 0.497 e. The van der Waals surface area contributed by atoms with E-state index in [2.05, 4.69) is 30.8 Å². The zero-order chi connectivity index (χ0) is 24.2. The molecule has 0 bridgehead atoms. The van der Waals surface area contributed by atoms with Gasteiger partial charge in [0, 0.05) is 11.3 Å². The van der Waals surface area contributed by atoms with Crippen LogP contribution in [-0.4, -0.2) is 28.5 Å². The molecule has 174 valence electrons. The van der Waals surface area contributed by atoms with Crippen molar-refractivity contribution in [1.82, 2.24) is 0 Å². The molecule has 0 atom stereocenters. The summed E-state index contributed by atoms with van der Waals surface area (Å²) in [7, 11) is -0.836. The lowest BCUT2D eigenvalue weighted by Gasteiger charge is -2.21. The van der Waals surface area contributed by atoms with Crippen molar-refractivity contribution < 1.29 is 22.7 Å². The normalized spacial score (nSPS) is 11.5. The van der Waals surface area contributed by atoms with Crippen LogP contribution in [0, 0.1) is 0 Å². The fourth-order valence-electron chi connectivity index (χ4n) is 3.14. The number of ether oxygens (including phenoxy) is 2. The van der Waals surface area contributed by atoms with Gasteiger partial charge in [0.1, 0.15) is 11.5 Å².